The van der Waals surface area contributed by atoms with E-state index >= 15 is 0 Å². The topological polar surface area (TPSA) is 29.1 Å². The molecule has 0 fully saturated rings. The molecule has 4 bridgehead atoms. The molecular formula is C23H21NO. The maximum atomic E-state index is 12.6. The molecule has 3 aromatic rings. The first kappa shape index (κ1) is 15.6. The summed E-state index contributed by atoms with van der Waals surface area (Å²) in [5, 5.41) is 3.12. The molecule has 0 heterocycles. The van der Waals surface area contributed by atoms with Crippen LogP contribution in [0, 0.1) is 0 Å². The Kier molecular flexibility index (Phi) is 4.34. The van der Waals surface area contributed by atoms with Crippen LogP contribution in [0.3, 0.4) is 0 Å². The van der Waals surface area contributed by atoms with Crippen LogP contribution in [-0.2, 0) is 25.7 Å². The van der Waals surface area contributed by atoms with E-state index in [0.717, 1.165) is 31.4 Å². The molecule has 0 saturated heterocycles. The summed E-state index contributed by atoms with van der Waals surface area (Å²) in [6.45, 7) is 0. The molecule has 3 aromatic carbocycles. The van der Waals surface area contributed by atoms with Gasteiger partial charge in [0.2, 0.25) is 0 Å². The molecule has 4 aliphatic carbocycles. The zero-order valence-electron chi connectivity index (χ0n) is 14.2. The van der Waals surface area contributed by atoms with Crippen molar-refractivity contribution in [3.8, 4) is 0 Å². The number of carbonyl (C=O) groups excluding carboxylic acids is 1. The van der Waals surface area contributed by atoms with Crippen molar-refractivity contribution in [3.63, 3.8) is 0 Å². The first-order valence-electron chi connectivity index (χ1n) is 8.84. The number of hydrogen-bond donors (Lipinski definition) is 1. The second-order valence-electron chi connectivity index (χ2n) is 6.63. The molecule has 0 aliphatic heterocycles. The monoisotopic (exact) mass is 327 g/mol. The van der Waals surface area contributed by atoms with E-state index in [4.69, 9.17) is 0 Å². The summed E-state index contributed by atoms with van der Waals surface area (Å²) >= 11 is 0. The minimum atomic E-state index is -0.0468. The number of hydrogen-bond acceptors (Lipinski definition) is 1. The van der Waals surface area contributed by atoms with Gasteiger partial charge in [0, 0.05) is 11.3 Å². The number of benzene rings is 3. The first-order chi connectivity index (χ1) is 12.3. The lowest BCUT2D eigenvalue weighted by Crippen LogP contribution is -2.14. The van der Waals surface area contributed by atoms with Crippen LogP contribution in [-0.4, -0.2) is 5.91 Å². The Labute approximate surface area is 148 Å². The predicted octanol–water partition coefficient (Wildman–Crippen LogP) is 4.82. The summed E-state index contributed by atoms with van der Waals surface area (Å²) in [5.74, 6) is -0.0468. The van der Waals surface area contributed by atoms with Gasteiger partial charge >= 0.3 is 0 Å². The van der Waals surface area contributed by atoms with Crippen LogP contribution in [0.1, 0.15) is 32.6 Å². The average Bonchev–Trinajstić information content (AvgIpc) is 2.65. The number of amides is 1. The van der Waals surface area contributed by atoms with E-state index in [0.29, 0.717) is 5.56 Å². The lowest BCUT2D eigenvalue weighted by atomic mass is 9.95. The molecule has 4 aliphatic rings. The quantitative estimate of drug-likeness (QED) is 0.718. The molecule has 0 spiro atoms. The normalized spacial score (nSPS) is 13.1. The maximum Gasteiger partial charge on any atom is 0.255 e. The molecule has 0 aromatic heterocycles. The summed E-state index contributed by atoms with van der Waals surface area (Å²) < 4.78 is 0. The third kappa shape index (κ3) is 3.63. The lowest BCUT2D eigenvalue weighted by Gasteiger charge is -2.15. The van der Waals surface area contributed by atoms with Gasteiger partial charge in [-0.1, -0.05) is 54.6 Å². The van der Waals surface area contributed by atoms with E-state index in [2.05, 4.69) is 47.8 Å². The highest BCUT2D eigenvalue weighted by Crippen LogP contribution is 2.23. The summed E-state index contributed by atoms with van der Waals surface area (Å²) in [7, 11) is 0. The van der Waals surface area contributed by atoms with E-state index in [1.165, 1.54) is 22.3 Å². The Morgan fingerprint density at radius 3 is 2.00 bits per heavy atom. The fourth-order valence-corrected chi connectivity index (χ4v) is 3.34. The van der Waals surface area contributed by atoms with Gasteiger partial charge in [-0.25, -0.2) is 0 Å². The first-order valence-corrected chi connectivity index (χ1v) is 8.84. The second-order valence-corrected chi connectivity index (χ2v) is 6.63. The smallest absolute Gasteiger partial charge is 0.255 e. The Morgan fingerprint density at radius 1 is 0.680 bits per heavy atom. The van der Waals surface area contributed by atoms with E-state index in [1.807, 2.05) is 30.3 Å². The molecule has 0 radical (unpaired) electrons. The van der Waals surface area contributed by atoms with E-state index in [-0.39, 0.29) is 5.91 Å². The fourth-order valence-electron chi connectivity index (χ4n) is 3.34. The van der Waals surface area contributed by atoms with Gasteiger partial charge in [-0.15, -0.1) is 0 Å². The summed E-state index contributed by atoms with van der Waals surface area (Å²) in [4.78, 5) is 12.6. The van der Waals surface area contributed by atoms with Gasteiger partial charge in [-0.05, 0) is 66.1 Å². The number of rotatable bonds is 2. The van der Waals surface area contributed by atoms with Crippen molar-refractivity contribution in [1.82, 2.24) is 0 Å². The van der Waals surface area contributed by atoms with Gasteiger partial charge in [-0.2, -0.15) is 0 Å². The van der Waals surface area contributed by atoms with Gasteiger partial charge in [0.05, 0.1) is 0 Å². The van der Waals surface area contributed by atoms with E-state index in [1.54, 1.807) is 0 Å². The highest BCUT2D eigenvalue weighted by molar-refractivity contribution is 6.04. The SMILES string of the molecule is O=C(Nc1cc2ccc1CCc1ccc(cc1)CC2)c1ccccc1. The summed E-state index contributed by atoms with van der Waals surface area (Å²) in [5.41, 5.74) is 6.79. The van der Waals surface area contributed by atoms with Crippen LogP contribution in [0.4, 0.5) is 5.69 Å². The van der Waals surface area contributed by atoms with Crippen LogP contribution in [0.5, 0.6) is 0 Å². The third-order valence-electron chi connectivity index (χ3n) is 4.87. The minimum absolute atomic E-state index is 0.0468. The Morgan fingerprint density at radius 2 is 1.28 bits per heavy atom. The van der Waals surface area contributed by atoms with Crippen LogP contribution in [0.2, 0.25) is 0 Å². The molecule has 1 N–H and O–H groups in total. The number of nitrogens with one attached hydrogen (secondary N) is 1. The zero-order chi connectivity index (χ0) is 17.1. The van der Waals surface area contributed by atoms with Gasteiger partial charge in [-0.3, -0.25) is 4.79 Å². The average molecular weight is 327 g/mol. The van der Waals surface area contributed by atoms with E-state index < -0.39 is 0 Å². The van der Waals surface area contributed by atoms with Crippen LogP contribution >= 0.6 is 0 Å². The Hall–Kier alpha value is -2.87. The molecule has 2 nitrogen and oxygen atoms in total. The van der Waals surface area contributed by atoms with Crippen LogP contribution in [0.25, 0.3) is 0 Å². The summed E-state index contributed by atoms with van der Waals surface area (Å²) in [6, 6.07) is 24.8. The van der Waals surface area contributed by atoms with Crippen molar-refractivity contribution in [2.24, 2.45) is 0 Å². The standard InChI is InChI=1S/C23H21NO/c25-23(21-4-2-1-3-5-21)24-22-16-19-11-10-17-6-8-18(9-7-17)12-14-20(22)15-13-19/h1-9,13,15-16H,10-12,14H2,(H,24,25). The molecule has 2 heteroatoms. The third-order valence-corrected chi connectivity index (χ3v) is 4.87. The molecule has 1 amide bonds. The van der Waals surface area contributed by atoms with Crippen LogP contribution in [0.15, 0.2) is 72.8 Å². The van der Waals surface area contributed by atoms with Crippen molar-refractivity contribution < 1.29 is 4.79 Å². The molecular weight excluding hydrogens is 306 g/mol. The lowest BCUT2D eigenvalue weighted by molar-refractivity contribution is 0.102. The van der Waals surface area contributed by atoms with E-state index in [9.17, 15) is 4.79 Å². The van der Waals surface area contributed by atoms with Crippen molar-refractivity contribution in [3.05, 3.63) is 101 Å². The summed E-state index contributed by atoms with van der Waals surface area (Å²) in [6.07, 6.45) is 3.90. The van der Waals surface area contributed by atoms with Crippen LogP contribution < -0.4 is 5.32 Å². The fraction of sp³-hybridized carbons (Fsp3) is 0.174. The van der Waals surface area contributed by atoms with Crippen molar-refractivity contribution in [2.45, 2.75) is 25.7 Å². The molecule has 0 unspecified atom stereocenters. The Bertz CT molecular complexity index is 882. The predicted molar refractivity (Wildman–Crippen MR) is 102 cm³/mol. The number of anilines is 1. The maximum absolute atomic E-state index is 12.6. The number of carbonyl (C=O) groups is 1. The van der Waals surface area contributed by atoms with Gasteiger partial charge in [0.25, 0.3) is 5.91 Å². The molecule has 7 rings (SSSR count). The van der Waals surface area contributed by atoms with Gasteiger partial charge in [0.15, 0.2) is 0 Å². The molecule has 124 valence electrons. The largest absolute Gasteiger partial charge is 0.322 e. The van der Waals surface area contributed by atoms with Gasteiger partial charge in [0.1, 0.15) is 0 Å². The van der Waals surface area contributed by atoms with Gasteiger partial charge < -0.3 is 5.32 Å². The Balaban J connectivity index is 1.63. The molecule has 0 saturated carbocycles. The highest BCUT2D eigenvalue weighted by atomic mass is 16.1. The second kappa shape index (κ2) is 6.94. The zero-order valence-corrected chi connectivity index (χ0v) is 14.2. The number of aryl methyl sites for hydroxylation is 4. The molecule has 25 heavy (non-hydrogen) atoms. The minimum Gasteiger partial charge on any atom is -0.322 e. The highest BCUT2D eigenvalue weighted by Gasteiger charge is 2.11. The van der Waals surface area contributed by atoms with Crippen molar-refractivity contribution in [1.29, 1.82) is 0 Å². The van der Waals surface area contributed by atoms with Crippen molar-refractivity contribution in [2.75, 3.05) is 5.32 Å². The molecule has 0 atom stereocenters. The van der Waals surface area contributed by atoms with Crippen molar-refractivity contribution >= 4 is 11.6 Å².